The number of esters is 2. The average molecular weight is 288 g/mol. The third-order valence-corrected chi connectivity index (χ3v) is 2.34. The van der Waals surface area contributed by atoms with Gasteiger partial charge in [-0.1, -0.05) is 0 Å². The highest BCUT2D eigenvalue weighted by Gasteiger charge is 2.25. The van der Waals surface area contributed by atoms with Crippen molar-refractivity contribution in [3.8, 4) is 0 Å². The summed E-state index contributed by atoms with van der Waals surface area (Å²) in [7, 11) is 1.26. The van der Waals surface area contributed by atoms with Gasteiger partial charge in [-0.25, -0.2) is 4.79 Å². The molecule has 20 heavy (non-hydrogen) atoms. The van der Waals surface area contributed by atoms with Crippen LogP contribution >= 0.6 is 0 Å². The van der Waals surface area contributed by atoms with Gasteiger partial charge in [-0.2, -0.15) is 0 Å². The second-order valence-corrected chi connectivity index (χ2v) is 5.49. The number of rotatable bonds is 6. The van der Waals surface area contributed by atoms with Gasteiger partial charge in [0, 0.05) is 6.42 Å². The zero-order chi connectivity index (χ0) is 15.9. The summed E-state index contributed by atoms with van der Waals surface area (Å²) >= 11 is 0. The summed E-state index contributed by atoms with van der Waals surface area (Å²) in [6, 6.07) is -1.68. The van der Waals surface area contributed by atoms with Gasteiger partial charge in [0.15, 0.2) is 0 Å². The van der Waals surface area contributed by atoms with Gasteiger partial charge in [-0.15, -0.1) is 0 Å². The number of methoxy groups -OCH3 is 1. The molecule has 0 heterocycles. The number of hydrogen-bond donors (Lipinski definition) is 2. The zero-order valence-corrected chi connectivity index (χ0v) is 12.7. The molecule has 0 aromatic rings. The van der Waals surface area contributed by atoms with Gasteiger partial charge >= 0.3 is 11.9 Å². The molecule has 2 atom stereocenters. The lowest BCUT2D eigenvalue weighted by Crippen LogP contribution is -2.48. The highest BCUT2D eigenvalue weighted by atomic mass is 16.6. The van der Waals surface area contributed by atoms with E-state index in [2.05, 4.69) is 10.1 Å². The Balaban J connectivity index is 4.24. The van der Waals surface area contributed by atoms with Crippen molar-refractivity contribution in [1.82, 2.24) is 5.32 Å². The Labute approximate surface area is 119 Å². The molecule has 7 heteroatoms. The van der Waals surface area contributed by atoms with Crippen molar-refractivity contribution < 1.29 is 23.9 Å². The van der Waals surface area contributed by atoms with Gasteiger partial charge in [-0.05, 0) is 34.1 Å². The molecule has 0 saturated heterocycles. The Morgan fingerprint density at radius 1 is 1.25 bits per heavy atom. The summed E-state index contributed by atoms with van der Waals surface area (Å²) in [6.07, 6.45) is 0.200. The lowest BCUT2D eigenvalue weighted by molar-refractivity contribution is -0.158. The van der Waals surface area contributed by atoms with Crippen LogP contribution in [0.5, 0.6) is 0 Å². The fourth-order valence-corrected chi connectivity index (χ4v) is 1.28. The number of hydrogen-bond acceptors (Lipinski definition) is 6. The van der Waals surface area contributed by atoms with E-state index in [1.807, 2.05) is 0 Å². The fourth-order valence-electron chi connectivity index (χ4n) is 1.28. The Morgan fingerprint density at radius 2 is 1.80 bits per heavy atom. The third kappa shape index (κ3) is 7.73. The number of ether oxygens (including phenoxy) is 2. The lowest BCUT2D eigenvalue weighted by Gasteiger charge is -2.23. The van der Waals surface area contributed by atoms with Gasteiger partial charge in [0.25, 0.3) is 0 Å². The summed E-state index contributed by atoms with van der Waals surface area (Å²) in [6.45, 7) is 6.73. The number of amides is 1. The molecule has 0 aliphatic rings. The van der Waals surface area contributed by atoms with E-state index < -0.39 is 35.5 Å². The van der Waals surface area contributed by atoms with Crippen LogP contribution in [0.15, 0.2) is 0 Å². The normalized spacial score (nSPS) is 14.1. The molecule has 0 aliphatic carbocycles. The molecule has 116 valence electrons. The van der Waals surface area contributed by atoms with E-state index in [9.17, 15) is 14.4 Å². The van der Waals surface area contributed by atoms with Crippen LogP contribution in [-0.2, 0) is 23.9 Å². The number of nitrogens with one attached hydrogen (secondary N) is 1. The molecule has 0 spiro atoms. The number of nitrogens with two attached hydrogens (primary N) is 1. The minimum atomic E-state index is -0.876. The van der Waals surface area contributed by atoms with Crippen molar-refractivity contribution in [2.24, 2.45) is 5.73 Å². The van der Waals surface area contributed by atoms with E-state index in [0.717, 1.165) is 0 Å². The molecule has 0 radical (unpaired) electrons. The van der Waals surface area contributed by atoms with Crippen molar-refractivity contribution in [3.05, 3.63) is 0 Å². The standard InChI is InChI=1S/C13H24N2O5/c1-8(12(18)20-13(2,3)4)15-11(17)9(14)6-7-10(16)19-5/h8-9H,6-7,14H2,1-5H3,(H,15,17). The molecule has 0 aromatic carbocycles. The SMILES string of the molecule is COC(=O)CCC(N)C(=O)NC(C)C(=O)OC(C)(C)C. The minimum absolute atomic E-state index is 0.0475. The minimum Gasteiger partial charge on any atom is -0.469 e. The van der Waals surface area contributed by atoms with Crippen molar-refractivity contribution in [3.63, 3.8) is 0 Å². The number of carbonyl (C=O) groups is 3. The van der Waals surface area contributed by atoms with Crippen LogP contribution in [0.4, 0.5) is 0 Å². The van der Waals surface area contributed by atoms with Crippen LogP contribution in [-0.4, -0.2) is 42.6 Å². The van der Waals surface area contributed by atoms with Gasteiger partial charge in [0.2, 0.25) is 5.91 Å². The Morgan fingerprint density at radius 3 is 2.25 bits per heavy atom. The van der Waals surface area contributed by atoms with Crippen molar-refractivity contribution in [2.45, 2.75) is 58.2 Å². The first-order valence-electron chi connectivity index (χ1n) is 6.42. The number of carbonyl (C=O) groups excluding carboxylic acids is 3. The van der Waals surface area contributed by atoms with E-state index in [4.69, 9.17) is 10.5 Å². The van der Waals surface area contributed by atoms with Gasteiger partial charge in [0.05, 0.1) is 13.2 Å². The Kier molecular flexibility index (Phi) is 7.20. The fraction of sp³-hybridized carbons (Fsp3) is 0.769. The van der Waals surface area contributed by atoms with Gasteiger partial charge in [0.1, 0.15) is 11.6 Å². The largest absolute Gasteiger partial charge is 0.469 e. The molecule has 1 amide bonds. The monoisotopic (exact) mass is 288 g/mol. The molecule has 7 nitrogen and oxygen atoms in total. The molecular weight excluding hydrogens is 264 g/mol. The van der Waals surface area contributed by atoms with E-state index in [1.165, 1.54) is 14.0 Å². The smallest absolute Gasteiger partial charge is 0.328 e. The van der Waals surface area contributed by atoms with E-state index in [1.54, 1.807) is 20.8 Å². The van der Waals surface area contributed by atoms with Crippen LogP contribution in [0.1, 0.15) is 40.5 Å². The van der Waals surface area contributed by atoms with Gasteiger partial charge < -0.3 is 20.5 Å². The summed E-state index contributed by atoms with van der Waals surface area (Å²) in [4.78, 5) is 34.3. The Hall–Kier alpha value is -1.63. The Bertz CT molecular complexity index is 362. The van der Waals surface area contributed by atoms with Crippen LogP contribution < -0.4 is 11.1 Å². The first-order valence-corrected chi connectivity index (χ1v) is 6.42. The van der Waals surface area contributed by atoms with Crippen LogP contribution in [0.2, 0.25) is 0 Å². The zero-order valence-electron chi connectivity index (χ0n) is 12.7. The van der Waals surface area contributed by atoms with Crippen molar-refractivity contribution >= 4 is 17.8 Å². The predicted octanol–water partition coefficient (Wildman–Crippen LogP) is 0.113. The van der Waals surface area contributed by atoms with Crippen LogP contribution in [0, 0.1) is 0 Å². The van der Waals surface area contributed by atoms with E-state index >= 15 is 0 Å². The predicted molar refractivity (Wildman–Crippen MR) is 72.7 cm³/mol. The van der Waals surface area contributed by atoms with Crippen molar-refractivity contribution in [2.75, 3.05) is 7.11 Å². The maximum Gasteiger partial charge on any atom is 0.328 e. The second kappa shape index (κ2) is 7.84. The van der Waals surface area contributed by atoms with Crippen LogP contribution in [0.25, 0.3) is 0 Å². The van der Waals surface area contributed by atoms with E-state index in [0.29, 0.717) is 0 Å². The molecular formula is C13H24N2O5. The molecule has 0 saturated carbocycles. The maximum absolute atomic E-state index is 11.7. The first-order chi connectivity index (χ1) is 9.06. The van der Waals surface area contributed by atoms with E-state index in [-0.39, 0.29) is 12.8 Å². The van der Waals surface area contributed by atoms with Crippen molar-refractivity contribution in [1.29, 1.82) is 0 Å². The molecule has 0 rings (SSSR count). The topological polar surface area (TPSA) is 108 Å². The highest BCUT2D eigenvalue weighted by molar-refractivity contribution is 5.87. The first kappa shape index (κ1) is 18.4. The summed E-state index contributed by atoms with van der Waals surface area (Å²) in [5.41, 5.74) is 5.00. The summed E-state index contributed by atoms with van der Waals surface area (Å²) in [5, 5.41) is 2.45. The summed E-state index contributed by atoms with van der Waals surface area (Å²) in [5.74, 6) is -1.48. The molecule has 0 bridgehead atoms. The third-order valence-electron chi connectivity index (χ3n) is 2.34. The summed E-state index contributed by atoms with van der Waals surface area (Å²) < 4.78 is 9.58. The van der Waals surface area contributed by atoms with Crippen LogP contribution in [0.3, 0.4) is 0 Å². The molecule has 2 unspecified atom stereocenters. The maximum atomic E-state index is 11.7. The highest BCUT2D eigenvalue weighted by Crippen LogP contribution is 2.08. The molecule has 0 aliphatic heterocycles. The molecule has 3 N–H and O–H groups in total. The second-order valence-electron chi connectivity index (χ2n) is 5.49. The van der Waals surface area contributed by atoms with Gasteiger partial charge in [-0.3, -0.25) is 9.59 Å². The molecule has 0 fully saturated rings. The lowest BCUT2D eigenvalue weighted by atomic mass is 10.1. The average Bonchev–Trinajstić information content (AvgIpc) is 2.32. The molecule has 0 aromatic heterocycles. The quantitative estimate of drug-likeness (QED) is 0.672.